The SMILES string of the molecule is Cc1cc(C(=O)N2CC3CCCC3C2C(=O)O)nn1-c1ccccc1. The highest BCUT2D eigenvalue weighted by Gasteiger charge is 2.50. The first kappa shape index (κ1) is 15.9. The quantitative estimate of drug-likeness (QED) is 0.932. The first-order valence-electron chi connectivity index (χ1n) is 8.72. The second-order valence-electron chi connectivity index (χ2n) is 7.01. The van der Waals surface area contributed by atoms with Gasteiger partial charge in [-0.2, -0.15) is 5.10 Å². The first-order valence-corrected chi connectivity index (χ1v) is 8.72. The van der Waals surface area contributed by atoms with Crippen molar-refractivity contribution in [2.45, 2.75) is 32.2 Å². The van der Waals surface area contributed by atoms with Gasteiger partial charge in [-0.3, -0.25) is 4.79 Å². The number of fused-ring (bicyclic) bond motifs is 1. The van der Waals surface area contributed by atoms with Crippen molar-refractivity contribution in [3.8, 4) is 5.69 Å². The summed E-state index contributed by atoms with van der Waals surface area (Å²) in [4.78, 5) is 26.3. The van der Waals surface area contributed by atoms with Crippen molar-refractivity contribution in [2.75, 3.05) is 6.54 Å². The van der Waals surface area contributed by atoms with Crippen molar-refractivity contribution in [3.05, 3.63) is 47.8 Å². The Labute approximate surface area is 146 Å². The van der Waals surface area contributed by atoms with Crippen LogP contribution >= 0.6 is 0 Å². The van der Waals surface area contributed by atoms with Crippen LogP contribution in [0.5, 0.6) is 0 Å². The van der Waals surface area contributed by atoms with E-state index in [-0.39, 0.29) is 11.8 Å². The van der Waals surface area contributed by atoms with Crippen LogP contribution in [-0.2, 0) is 4.79 Å². The molecule has 3 atom stereocenters. The predicted octanol–water partition coefficient (Wildman–Crippen LogP) is 2.51. The van der Waals surface area contributed by atoms with Crippen LogP contribution in [0.15, 0.2) is 36.4 Å². The maximum atomic E-state index is 13.0. The number of para-hydroxylation sites is 1. The lowest BCUT2D eigenvalue weighted by Gasteiger charge is -2.23. The molecule has 0 spiro atoms. The molecule has 1 aliphatic heterocycles. The van der Waals surface area contributed by atoms with Gasteiger partial charge in [0.05, 0.1) is 5.69 Å². The molecule has 3 unspecified atom stereocenters. The van der Waals surface area contributed by atoms with E-state index in [9.17, 15) is 14.7 Å². The Balaban J connectivity index is 1.64. The molecule has 6 heteroatoms. The minimum Gasteiger partial charge on any atom is -0.480 e. The number of carboxylic acids is 1. The van der Waals surface area contributed by atoms with E-state index in [1.165, 1.54) is 4.90 Å². The average Bonchev–Trinajstić information content (AvgIpc) is 3.28. The Morgan fingerprint density at radius 3 is 2.68 bits per heavy atom. The molecule has 1 aromatic carbocycles. The van der Waals surface area contributed by atoms with Crippen molar-refractivity contribution in [1.29, 1.82) is 0 Å². The molecule has 2 aromatic rings. The second-order valence-corrected chi connectivity index (χ2v) is 7.01. The van der Waals surface area contributed by atoms with Gasteiger partial charge in [0.1, 0.15) is 6.04 Å². The molecule has 1 aliphatic carbocycles. The largest absolute Gasteiger partial charge is 0.480 e. The van der Waals surface area contributed by atoms with Crippen LogP contribution in [-0.4, -0.2) is 44.3 Å². The van der Waals surface area contributed by atoms with Crippen LogP contribution in [0.25, 0.3) is 5.69 Å². The van der Waals surface area contributed by atoms with Crippen molar-refractivity contribution in [1.82, 2.24) is 14.7 Å². The molecule has 2 heterocycles. The number of amides is 1. The number of likely N-dealkylation sites (tertiary alicyclic amines) is 1. The lowest BCUT2D eigenvalue weighted by molar-refractivity contribution is -0.142. The molecule has 1 saturated carbocycles. The monoisotopic (exact) mass is 339 g/mol. The van der Waals surface area contributed by atoms with Gasteiger partial charge in [0.2, 0.25) is 0 Å². The van der Waals surface area contributed by atoms with E-state index in [4.69, 9.17) is 0 Å². The summed E-state index contributed by atoms with van der Waals surface area (Å²) in [6.07, 6.45) is 2.96. The number of hydrogen-bond donors (Lipinski definition) is 1. The summed E-state index contributed by atoms with van der Waals surface area (Å²) >= 11 is 0. The summed E-state index contributed by atoms with van der Waals surface area (Å²) in [7, 11) is 0. The summed E-state index contributed by atoms with van der Waals surface area (Å²) in [6, 6.07) is 10.6. The number of aromatic nitrogens is 2. The number of aryl methyl sites for hydroxylation is 1. The number of benzene rings is 1. The van der Waals surface area contributed by atoms with Crippen LogP contribution in [0.3, 0.4) is 0 Å². The molecule has 4 rings (SSSR count). The van der Waals surface area contributed by atoms with E-state index in [0.29, 0.717) is 18.2 Å². The van der Waals surface area contributed by atoms with Gasteiger partial charge in [-0.1, -0.05) is 24.6 Å². The van der Waals surface area contributed by atoms with Gasteiger partial charge >= 0.3 is 5.97 Å². The molecule has 25 heavy (non-hydrogen) atoms. The van der Waals surface area contributed by atoms with Crippen molar-refractivity contribution < 1.29 is 14.7 Å². The van der Waals surface area contributed by atoms with Gasteiger partial charge in [-0.05, 0) is 49.8 Å². The van der Waals surface area contributed by atoms with Crippen LogP contribution in [0.4, 0.5) is 0 Å². The van der Waals surface area contributed by atoms with Crippen LogP contribution in [0, 0.1) is 18.8 Å². The zero-order valence-electron chi connectivity index (χ0n) is 14.1. The standard InChI is InChI=1S/C19H21N3O3/c1-12-10-16(20-22(12)14-7-3-2-4-8-14)18(23)21-11-13-6-5-9-15(13)17(21)19(24)25/h2-4,7-8,10,13,15,17H,5-6,9,11H2,1H3,(H,24,25). The zero-order chi connectivity index (χ0) is 17.6. The van der Waals surface area contributed by atoms with Gasteiger partial charge in [0.25, 0.3) is 5.91 Å². The number of carboxylic acid groups (broad SMARTS) is 1. The Kier molecular flexibility index (Phi) is 3.82. The zero-order valence-corrected chi connectivity index (χ0v) is 14.1. The molecule has 1 saturated heterocycles. The highest BCUT2D eigenvalue weighted by molar-refractivity contribution is 5.95. The number of rotatable bonds is 3. The Morgan fingerprint density at radius 1 is 1.20 bits per heavy atom. The lowest BCUT2D eigenvalue weighted by atomic mass is 9.94. The summed E-state index contributed by atoms with van der Waals surface area (Å²) in [6.45, 7) is 2.42. The van der Waals surface area contributed by atoms with E-state index >= 15 is 0 Å². The summed E-state index contributed by atoms with van der Waals surface area (Å²) in [5.74, 6) is -0.789. The maximum Gasteiger partial charge on any atom is 0.326 e. The normalized spacial score (nSPS) is 25.2. The van der Waals surface area contributed by atoms with Gasteiger partial charge in [-0.15, -0.1) is 0 Å². The topological polar surface area (TPSA) is 75.4 Å². The molecule has 130 valence electrons. The van der Waals surface area contributed by atoms with Crippen LogP contribution < -0.4 is 0 Å². The predicted molar refractivity (Wildman–Crippen MR) is 91.6 cm³/mol. The fourth-order valence-corrected chi connectivity index (χ4v) is 4.39. The highest BCUT2D eigenvalue weighted by atomic mass is 16.4. The number of hydrogen-bond acceptors (Lipinski definition) is 3. The molecule has 0 bridgehead atoms. The molecular formula is C19H21N3O3. The number of carbonyl (C=O) groups excluding carboxylic acids is 1. The lowest BCUT2D eigenvalue weighted by Crippen LogP contribution is -2.43. The Hall–Kier alpha value is -2.63. The van der Waals surface area contributed by atoms with Gasteiger partial charge in [0.15, 0.2) is 5.69 Å². The van der Waals surface area contributed by atoms with E-state index < -0.39 is 12.0 Å². The minimum atomic E-state index is -0.901. The third-order valence-corrected chi connectivity index (χ3v) is 5.51. The van der Waals surface area contributed by atoms with Crippen LogP contribution in [0.1, 0.15) is 35.4 Å². The molecule has 1 aromatic heterocycles. The summed E-state index contributed by atoms with van der Waals surface area (Å²) in [5.41, 5.74) is 2.04. The number of aliphatic carboxylic acids is 1. The fourth-order valence-electron chi connectivity index (χ4n) is 4.39. The van der Waals surface area contributed by atoms with Crippen molar-refractivity contribution >= 4 is 11.9 Å². The van der Waals surface area contributed by atoms with Crippen LogP contribution in [0.2, 0.25) is 0 Å². The molecule has 1 amide bonds. The summed E-state index contributed by atoms with van der Waals surface area (Å²) in [5, 5.41) is 14.1. The maximum absolute atomic E-state index is 13.0. The highest BCUT2D eigenvalue weighted by Crippen LogP contribution is 2.42. The van der Waals surface area contributed by atoms with E-state index in [2.05, 4.69) is 5.10 Å². The molecule has 2 fully saturated rings. The second kappa shape index (κ2) is 6.02. The number of nitrogens with zero attached hydrogens (tertiary/aromatic N) is 3. The minimum absolute atomic E-state index is 0.0822. The van der Waals surface area contributed by atoms with Crippen molar-refractivity contribution in [2.24, 2.45) is 11.8 Å². The third kappa shape index (κ3) is 2.62. The van der Waals surface area contributed by atoms with Gasteiger partial charge < -0.3 is 10.0 Å². The first-order chi connectivity index (χ1) is 12.1. The van der Waals surface area contributed by atoms with E-state index in [1.807, 2.05) is 37.3 Å². The fraction of sp³-hybridized carbons (Fsp3) is 0.421. The third-order valence-electron chi connectivity index (χ3n) is 5.51. The Morgan fingerprint density at radius 2 is 1.96 bits per heavy atom. The van der Waals surface area contributed by atoms with E-state index in [1.54, 1.807) is 10.7 Å². The molecular weight excluding hydrogens is 318 g/mol. The average molecular weight is 339 g/mol. The summed E-state index contributed by atoms with van der Waals surface area (Å²) < 4.78 is 1.72. The molecule has 2 aliphatic rings. The van der Waals surface area contributed by atoms with Gasteiger partial charge in [-0.25, -0.2) is 9.48 Å². The van der Waals surface area contributed by atoms with Crippen molar-refractivity contribution in [3.63, 3.8) is 0 Å². The van der Waals surface area contributed by atoms with E-state index in [0.717, 1.165) is 30.6 Å². The van der Waals surface area contributed by atoms with Gasteiger partial charge in [0, 0.05) is 12.2 Å². The molecule has 6 nitrogen and oxygen atoms in total. The smallest absolute Gasteiger partial charge is 0.326 e. The molecule has 0 radical (unpaired) electrons. The number of carbonyl (C=O) groups is 2. The molecule has 1 N–H and O–H groups in total. The Bertz CT molecular complexity index is 815.